The summed E-state index contributed by atoms with van der Waals surface area (Å²) in [6, 6.07) is 7.44. The van der Waals surface area contributed by atoms with Gasteiger partial charge in [-0.15, -0.1) is 0 Å². The van der Waals surface area contributed by atoms with E-state index >= 15 is 0 Å². The molecule has 1 aliphatic heterocycles. The van der Waals surface area contributed by atoms with E-state index in [1.165, 1.54) is 0 Å². The van der Waals surface area contributed by atoms with Crippen molar-refractivity contribution in [3.8, 4) is 0 Å². The molecule has 96 valence electrons. The third-order valence-electron chi connectivity index (χ3n) is 2.91. The zero-order valence-corrected chi connectivity index (χ0v) is 11.1. The molecule has 0 radical (unpaired) electrons. The quantitative estimate of drug-likeness (QED) is 0.818. The number of aliphatic carboxylic acids is 1. The fourth-order valence-corrected chi connectivity index (χ4v) is 1.88. The van der Waals surface area contributed by atoms with Gasteiger partial charge in [0.05, 0.1) is 13.2 Å². The van der Waals surface area contributed by atoms with Crippen LogP contribution in [0.25, 0.3) is 0 Å². The lowest BCUT2D eigenvalue weighted by atomic mass is 9.85. The maximum Gasteiger partial charge on any atom is 0.324 e. The molecular weight excluding hydrogens is 302 g/mol. The van der Waals surface area contributed by atoms with E-state index in [-0.39, 0.29) is 13.2 Å². The van der Waals surface area contributed by atoms with Gasteiger partial charge in [-0.1, -0.05) is 28.1 Å². The third-order valence-corrected chi connectivity index (χ3v) is 3.44. The molecule has 0 saturated carbocycles. The van der Waals surface area contributed by atoms with Gasteiger partial charge in [-0.25, -0.2) is 0 Å². The summed E-state index contributed by atoms with van der Waals surface area (Å²) >= 11 is 3.32. The van der Waals surface area contributed by atoms with Crippen molar-refractivity contribution in [3.63, 3.8) is 0 Å². The highest BCUT2D eigenvalue weighted by molar-refractivity contribution is 9.10. The van der Waals surface area contributed by atoms with E-state index in [2.05, 4.69) is 21.2 Å². The summed E-state index contributed by atoms with van der Waals surface area (Å²) < 4.78 is 5.79. The van der Waals surface area contributed by atoms with Crippen molar-refractivity contribution in [2.45, 2.75) is 6.54 Å². The fraction of sp³-hybridized carbons (Fsp3) is 0.333. The highest BCUT2D eigenvalue weighted by Gasteiger charge is 2.53. The van der Waals surface area contributed by atoms with Crippen molar-refractivity contribution in [1.29, 1.82) is 0 Å². The Morgan fingerprint density at radius 3 is 2.39 bits per heavy atom. The molecule has 0 aromatic heterocycles. The largest absolute Gasteiger partial charge is 0.480 e. The Morgan fingerprint density at radius 1 is 1.33 bits per heavy atom. The summed E-state index contributed by atoms with van der Waals surface area (Å²) in [5, 5.41) is 11.7. The SMILES string of the molecule is O=C(O)C1(C(=O)NCc2ccc(Br)cc2)COC1. The van der Waals surface area contributed by atoms with Crippen LogP contribution in [-0.4, -0.2) is 30.2 Å². The lowest BCUT2D eigenvalue weighted by Crippen LogP contribution is -2.58. The number of amides is 1. The molecule has 1 aromatic rings. The first-order valence-corrected chi connectivity index (χ1v) is 6.18. The summed E-state index contributed by atoms with van der Waals surface area (Å²) in [4.78, 5) is 22.9. The monoisotopic (exact) mass is 313 g/mol. The molecule has 2 N–H and O–H groups in total. The van der Waals surface area contributed by atoms with Crippen LogP contribution in [-0.2, 0) is 20.9 Å². The summed E-state index contributed by atoms with van der Waals surface area (Å²) in [6.07, 6.45) is 0. The molecule has 2 rings (SSSR count). The second-order valence-corrected chi connectivity index (χ2v) is 5.10. The Kier molecular flexibility index (Phi) is 3.68. The smallest absolute Gasteiger partial charge is 0.324 e. The van der Waals surface area contributed by atoms with Crippen molar-refractivity contribution in [2.24, 2.45) is 5.41 Å². The molecule has 1 aliphatic rings. The number of carboxylic acid groups (broad SMARTS) is 1. The minimum atomic E-state index is -1.41. The minimum Gasteiger partial charge on any atom is -0.480 e. The van der Waals surface area contributed by atoms with Crippen LogP contribution >= 0.6 is 15.9 Å². The topological polar surface area (TPSA) is 75.6 Å². The predicted octanol–water partition coefficient (Wildman–Crippen LogP) is 1.17. The van der Waals surface area contributed by atoms with Gasteiger partial charge >= 0.3 is 5.97 Å². The van der Waals surface area contributed by atoms with Crippen LogP contribution in [0.5, 0.6) is 0 Å². The van der Waals surface area contributed by atoms with Crippen molar-refractivity contribution in [3.05, 3.63) is 34.3 Å². The summed E-state index contributed by atoms with van der Waals surface area (Å²) in [5.41, 5.74) is -0.498. The van der Waals surface area contributed by atoms with E-state index in [4.69, 9.17) is 9.84 Å². The standard InChI is InChI=1S/C12H12BrNO4/c13-9-3-1-8(2-4-9)5-14-10(15)12(11(16)17)6-18-7-12/h1-4H,5-7H2,(H,14,15)(H,16,17). The Morgan fingerprint density at radius 2 is 1.94 bits per heavy atom. The Hall–Kier alpha value is -1.40. The highest BCUT2D eigenvalue weighted by Crippen LogP contribution is 2.28. The molecule has 6 heteroatoms. The van der Waals surface area contributed by atoms with Gasteiger partial charge in [-0.2, -0.15) is 0 Å². The van der Waals surface area contributed by atoms with Crippen LogP contribution in [0.2, 0.25) is 0 Å². The van der Waals surface area contributed by atoms with E-state index in [9.17, 15) is 9.59 Å². The van der Waals surface area contributed by atoms with Crippen LogP contribution in [0, 0.1) is 5.41 Å². The van der Waals surface area contributed by atoms with Crippen LogP contribution in [0.4, 0.5) is 0 Å². The lowest BCUT2D eigenvalue weighted by Gasteiger charge is -2.35. The van der Waals surface area contributed by atoms with E-state index in [0.717, 1.165) is 10.0 Å². The van der Waals surface area contributed by atoms with Gasteiger partial charge in [0.2, 0.25) is 5.91 Å². The van der Waals surface area contributed by atoms with Crippen molar-refractivity contribution in [2.75, 3.05) is 13.2 Å². The van der Waals surface area contributed by atoms with Gasteiger partial charge in [0.1, 0.15) is 0 Å². The molecule has 18 heavy (non-hydrogen) atoms. The maximum absolute atomic E-state index is 11.8. The fourth-order valence-electron chi connectivity index (χ4n) is 1.61. The molecule has 0 spiro atoms. The maximum atomic E-state index is 11.8. The summed E-state index contributed by atoms with van der Waals surface area (Å²) in [7, 11) is 0. The van der Waals surface area contributed by atoms with E-state index in [1.54, 1.807) is 0 Å². The van der Waals surface area contributed by atoms with Crippen molar-refractivity contribution in [1.82, 2.24) is 5.32 Å². The zero-order valence-electron chi connectivity index (χ0n) is 9.48. The van der Waals surface area contributed by atoms with Gasteiger partial charge in [0.15, 0.2) is 5.41 Å². The van der Waals surface area contributed by atoms with Gasteiger partial charge in [0, 0.05) is 11.0 Å². The highest BCUT2D eigenvalue weighted by atomic mass is 79.9. The molecule has 1 heterocycles. The Balaban J connectivity index is 1.96. The number of hydrogen-bond donors (Lipinski definition) is 2. The first-order valence-electron chi connectivity index (χ1n) is 5.38. The lowest BCUT2D eigenvalue weighted by molar-refractivity contribution is -0.185. The van der Waals surface area contributed by atoms with E-state index < -0.39 is 17.3 Å². The van der Waals surface area contributed by atoms with Gasteiger partial charge in [-0.3, -0.25) is 9.59 Å². The third kappa shape index (κ3) is 2.39. The summed E-state index contributed by atoms with van der Waals surface area (Å²) in [6.45, 7) is 0.185. The van der Waals surface area contributed by atoms with Gasteiger partial charge < -0.3 is 15.2 Å². The number of ether oxygens (including phenoxy) is 1. The number of carbonyl (C=O) groups excluding carboxylic acids is 1. The Labute approximate surface area is 112 Å². The van der Waals surface area contributed by atoms with Crippen LogP contribution in [0.1, 0.15) is 5.56 Å². The van der Waals surface area contributed by atoms with Gasteiger partial charge in [-0.05, 0) is 17.7 Å². The number of carbonyl (C=O) groups is 2. The first kappa shape index (κ1) is 13.0. The van der Waals surface area contributed by atoms with E-state index in [0.29, 0.717) is 6.54 Å². The summed E-state index contributed by atoms with van der Waals surface area (Å²) in [5.74, 6) is -1.63. The molecule has 0 unspecified atom stereocenters. The number of halogens is 1. The Bertz CT molecular complexity index is 467. The number of carboxylic acids is 1. The molecule has 1 saturated heterocycles. The molecule has 0 aliphatic carbocycles. The molecule has 1 amide bonds. The molecule has 1 fully saturated rings. The zero-order chi connectivity index (χ0) is 13.2. The van der Waals surface area contributed by atoms with Gasteiger partial charge in [0.25, 0.3) is 0 Å². The molecule has 5 nitrogen and oxygen atoms in total. The number of benzene rings is 1. The normalized spacial score (nSPS) is 16.7. The second-order valence-electron chi connectivity index (χ2n) is 4.19. The van der Waals surface area contributed by atoms with Crippen LogP contribution in [0.15, 0.2) is 28.7 Å². The van der Waals surface area contributed by atoms with E-state index in [1.807, 2.05) is 24.3 Å². The first-order chi connectivity index (χ1) is 8.54. The average molecular weight is 314 g/mol. The molecular formula is C12H12BrNO4. The number of hydrogen-bond acceptors (Lipinski definition) is 3. The van der Waals surface area contributed by atoms with Crippen LogP contribution < -0.4 is 5.32 Å². The van der Waals surface area contributed by atoms with Crippen LogP contribution in [0.3, 0.4) is 0 Å². The minimum absolute atomic E-state index is 0.0610. The van der Waals surface area contributed by atoms with Crippen molar-refractivity contribution >= 4 is 27.8 Å². The van der Waals surface area contributed by atoms with Crippen molar-refractivity contribution < 1.29 is 19.4 Å². The average Bonchev–Trinajstić information content (AvgIpc) is 2.26. The molecule has 0 atom stereocenters. The molecule has 1 aromatic carbocycles. The second kappa shape index (κ2) is 5.07. The molecule has 0 bridgehead atoms. The predicted molar refractivity (Wildman–Crippen MR) is 66.9 cm³/mol. The number of rotatable bonds is 4. The number of nitrogens with one attached hydrogen (secondary N) is 1.